The van der Waals surface area contributed by atoms with Crippen molar-refractivity contribution in [3.05, 3.63) is 160 Å². The molecule has 0 aromatic heterocycles. The molecule has 0 unspecified atom stereocenters. The molecule has 0 aliphatic rings. The van der Waals surface area contributed by atoms with Crippen LogP contribution in [0.15, 0.2) is 115 Å². The topological polar surface area (TPSA) is 0 Å². The van der Waals surface area contributed by atoms with Crippen LogP contribution in [-0.4, -0.2) is 6.15 Å². The van der Waals surface area contributed by atoms with E-state index < -0.39 is 195 Å². The Kier molecular flexibility index (Phi) is 13.6. The van der Waals surface area contributed by atoms with Crippen molar-refractivity contribution in [2.24, 2.45) is 0 Å². The van der Waals surface area contributed by atoms with Crippen molar-refractivity contribution in [2.75, 3.05) is 0 Å². The molecule has 0 saturated carbocycles. The Labute approximate surface area is 342 Å². The summed E-state index contributed by atoms with van der Waals surface area (Å²) in [4.78, 5) is 0. The predicted molar refractivity (Wildman–Crippen MR) is 181 cm³/mol. The molecule has 346 valence electrons. The molecule has 0 radical (unpaired) electrons. The molecule has 0 aliphatic carbocycles. The fourth-order valence-corrected chi connectivity index (χ4v) is 6.52. The van der Waals surface area contributed by atoms with Crippen LogP contribution in [0.4, 0.5) is 105 Å². The lowest BCUT2D eigenvalue weighted by molar-refractivity contribution is -0.144. The van der Waals surface area contributed by atoms with Gasteiger partial charge in [-0.1, -0.05) is 48.5 Å². The number of benzene rings is 4. The number of halogens is 24. The molecule has 0 heterocycles. The van der Waals surface area contributed by atoms with Crippen LogP contribution in [0.25, 0.3) is 0 Å². The number of hydrogen-bond acceptors (Lipinski definition) is 0. The third-order valence-corrected chi connectivity index (χ3v) is 9.22. The van der Waals surface area contributed by atoms with Crippen LogP contribution in [0, 0.1) is 0 Å². The summed E-state index contributed by atoms with van der Waals surface area (Å²) in [7, 11) is 0. The lowest BCUT2D eigenvalue weighted by Crippen LogP contribution is -2.75. The molecule has 0 aliphatic heterocycles. The van der Waals surface area contributed by atoms with Crippen LogP contribution in [0.3, 0.4) is 0 Å². The van der Waals surface area contributed by atoms with E-state index >= 15 is 0 Å². The molecule has 5 aromatic carbocycles. The summed E-state index contributed by atoms with van der Waals surface area (Å²) in [6.07, 6.45) is -54.8. The van der Waals surface area contributed by atoms with Gasteiger partial charge in [0.15, 0.2) is 0 Å². The number of hydrogen-bond donors (Lipinski definition) is 0. The summed E-state index contributed by atoms with van der Waals surface area (Å²) in [5.41, 5.74) is -30.2. The average Bonchev–Trinajstić information content (AvgIpc) is 3.46. The molecule has 0 spiro atoms. The fourth-order valence-electron chi connectivity index (χ4n) is 6.52. The first-order valence-electron chi connectivity index (χ1n) is 17.0. The van der Waals surface area contributed by atoms with Gasteiger partial charge in [-0.05, 0) is 24.3 Å². The largest absolute Gasteiger partial charge is 0.416 e. The van der Waals surface area contributed by atoms with Crippen LogP contribution in [0.5, 0.6) is 0 Å². The lowest BCUT2D eigenvalue weighted by atomic mass is 9.12. The monoisotopic (exact) mass is 954 g/mol. The molecular formula is C39H19BF24. The van der Waals surface area contributed by atoms with E-state index in [1.807, 2.05) is 42.5 Å². The maximum atomic E-state index is 14.2. The van der Waals surface area contributed by atoms with Gasteiger partial charge < -0.3 is 0 Å². The van der Waals surface area contributed by atoms with Gasteiger partial charge in [-0.2, -0.15) is 127 Å². The van der Waals surface area contributed by atoms with Crippen molar-refractivity contribution >= 4 is 28.0 Å². The Morgan fingerprint density at radius 1 is 0.234 bits per heavy atom. The van der Waals surface area contributed by atoms with Crippen LogP contribution >= 0.6 is 0 Å². The Morgan fingerprint density at radius 3 is 0.531 bits per heavy atom. The minimum Gasteiger partial charge on any atom is -0.194 e. The molecule has 25 heteroatoms. The second-order valence-electron chi connectivity index (χ2n) is 13.6. The van der Waals surface area contributed by atoms with Gasteiger partial charge in [-0.3, -0.25) is 0 Å². The minimum absolute atomic E-state index is 0.691. The Balaban J connectivity index is 0.00000117. The van der Waals surface area contributed by atoms with E-state index in [1.54, 1.807) is 0 Å². The van der Waals surface area contributed by atoms with E-state index in [4.69, 9.17) is 0 Å². The van der Waals surface area contributed by atoms with Crippen molar-refractivity contribution in [1.29, 1.82) is 0 Å². The lowest BCUT2D eigenvalue weighted by Gasteiger charge is -2.46. The Bertz CT molecular complexity index is 1960. The van der Waals surface area contributed by atoms with Crippen molar-refractivity contribution in [1.82, 2.24) is 0 Å². The molecule has 0 atom stereocenters. The first kappa shape index (κ1) is 51.0. The van der Waals surface area contributed by atoms with Crippen molar-refractivity contribution < 1.29 is 105 Å². The maximum Gasteiger partial charge on any atom is 0.416 e. The Morgan fingerprint density at radius 2 is 0.391 bits per heavy atom. The van der Waals surface area contributed by atoms with Crippen molar-refractivity contribution in [3.63, 3.8) is 0 Å². The van der Waals surface area contributed by atoms with Crippen molar-refractivity contribution in [3.8, 4) is 0 Å². The third kappa shape index (κ3) is 11.7. The molecule has 0 amide bonds. The SMILES string of the molecule is FC(F)(F)c1cc([B-](c2cc(C(F)(F)F)cc(C(F)(F)F)c2)(c2cc(C(F)(F)F)cc(C(F)(F)F)c2)c2cc(C(F)(F)F)cc(C(F)(F)F)c2)cc(C(F)(F)F)c1.c1ccc[cH+]cc1. The Hall–Kier alpha value is -5.65. The molecule has 0 nitrogen and oxygen atoms in total. The van der Waals surface area contributed by atoms with Gasteiger partial charge in [0.2, 0.25) is 0 Å². The van der Waals surface area contributed by atoms with Gasteiger partial charge in [0, 0.05) is 42.5 Å². The number of rotatable bonds is 4. The second kappa shape index (κ2) is 17.1. The highest BCUT2D eigenvalue weighted by Crippen LogP contribution is 2.41. The summed E-state index contributed by atoms with van der Waals surface area (Å²) in [5, 5.41) is 0. The van der Waals surface area contributed by atoms with Crippen LogP contribution in [-0.2, 0) is 49.4 Å². The zero-order valence-corrected chi connectivity index (χ0v) is 30.6. The highest BCUT2D eigenvalue weighted by Gasteiger charge is 2.47. The van der Waals surface area contributed by atoms with Gasteiger partial charge >= 0.3 is 49.4 Å². The standard InChI is InChI=1S/C32H12BF24.C7H7/c34-25(35,36)13-1-14(26(37,38)39)6-21(5-13)33(22-7-15(27(40,41)42)2-16(8-22)28(43,44)45,23-9-17(29(46,47)48)3-18(10-23)30(49,50)51)24-11-19(31(52,53)54)4-20(12-24)32(55,56)57;1-2-4-6-7-5-3-1/h1-12H;1-7H/q-1;+1. The molecule has 5 aromatic rings. The molecule has 0 fully saturated rings. The van der Waals surface area contributed by atoms with Gasteiger partial charge in [0.05, 0.1) is 44.5 Å². The summed E-state index contributed by atoms with van der Waals surface area (Å²) in [5.74, 6) is 0. The van der Waals surface area contributed by atoms with Crippen molar-refractivity contribution in [2.45, 2.75) is 49.4 Å². The van der Waals surface area contributed by atoms with E-state index in [1.165, 1.54) is 0 Å². The van der Waals surface area contributed by atoms with E-state index in [0.717, 1.165) is 0 Å². The summed E-state index contributed by atoms with van der Waals surface area (Å²) in [6.45, 7) is 0. The second-order valence-corrected chi connectivity index (χ2v) is 13.6. The van der Waals surface area contributed by atoms with Crippen LogP contribution < -0.4 is 21.9 Å². The van der Waals surface area contributed by atoms with Gasteiger partial charge in [-0.15, -0.1) is 0 Å². The van der Waals surface area contributed by atoms with Gasteiger partial charge in [-0.25, -0.2) is 0 Å². The molecule has 0 saturated heterocycles. The molecular weight excluding hydrogens is 935 g/mol. The van der Waals surface area contributed by atoms with Crippen LogP contribution in [0.1, 0.15) is 44.5 Å². The molecule has 64 heavy (non-hydrogen) atoms. The zero-order chi connectivity index (χ0) is 48.9. The molecule has 0 N–H and O–H groups in total. The van der Waals surface area contributed by atoms with Crippen LogP contribution in [0.2, 0.25) is 0 Å². The fraction of sp³-hybridized carbons (Fsp3) is 0.205. The van der Waals surface area contributed by atoms with E-state index in [0.29, 0.717) is 0 Å². The summed E-state index contributed by atoms with van der Waals surface area (Å²) in [6, 6.07) is 5.19. The first-order valence-corrected chi connectivity index (χ1v) is 17.0. The smallest absolute Gasteiger partial charge is 0.194 e. The van der Waals surface area contributed by atoms with E-state index in [2.05, 4.69) is 0 Å². The van der Waals surface area contributed by atoms with E-state index in [-0.39, 0.29) is 0 Å². The predicted octanol–water partition coefficient (Wildman–Crippen LogP) is 13.2. The zero-order valence-electron chi connectivity index (χ0n) is 30.6. The van der Waals surface area contributed by atoms with E-state index in [9.17, 15) is 105 Å². The average molecular weight is 954 g/mol. The maximum absolute atomic E-state index is 14.2. The highest BCUT2D eigenvalue weighted by molar-refractivity contribution is 7.20. The first-order chi connectivity index (χ1) is 28.8. The quantitative estimate of drug-likeness (QED) is 0.0957. The van der Waals surface area contributed by atoms with Gasteiger partial charge in [0.1, 0.15) is 6.15 Å². The minimum atomic E-state index is -6.13. The van der Waals surface area contributed by atoms with Gasteiger partial charge in [0.25, 0.3) is 0 Å². The molecule has 5 rings (SSSR count). The third-order valence-electron chi connectivity index (χ3n) is 9.22. The normalized spacial score (nSPS) is 13.6. The number of alkyl halides is 24. The summed E-state index contributed by atoms with van der Waals surface area (Å²) >= 11 is 0. The molecule has 0 bridgehead atoms. The highest BCUT2D eigenvalue weighted by atomic mass is 19.4. The summed E-state index contributed by atoms with van der Waals surface area (Å²) < 4.78 is 341.